The number of hydrogen-bond acceptors (Lipinski definition) is 2. The maximum absolute atomic E-state index is 13.1. The van der Waals surface area contributed by atoms with Crippen molar-refractivity contribution >= 4 is 21.8 Å². The second kappa shape index (κ2) is 5.45. The first-order chi connectivity index (χ1) is 8.93. The Hall–Kier alpha value is -1.17. The van der Waals surface area contributed by atoms with E-state index in [1.165, 1.54) is 12.0 Å². The van der Waals surface area contributed by atoms with Crippen molar-refractivity contribution in [3.8, 4) is 5.75 Å². The zero-order valence-corrected chi connectivity index (χ0v) is 12.0. The molecule has 0 atom stereocenters. The number of ether oxygens (including phenoxy) is 1. The largest absolute Gasteiger partial charge is 0.497 e. The molecular formula is C13H14BrF2NO2. The first-order valence-corrected chi connectivity index (χ1v) is 6.73. The fourth-order valence-corrected chi connectivity index (χ4v) is 2.42. The van der Waals surface area contributed by atoms with Crippen LogP contribution < -0.4 is 4.74 Å². The maximum atomic E-state index is 13.1. The van der Waals surface area contributed by atoms with Crippen LogP contribution in [0.1, 0.15) is 23.2 Å². The van der Waals surface area contributed by atoms with Crippen molar-refractivity contribution in [2.24, 2.45) is 0 Å². The summed E-state index contributed by atoms with van der Waals surface area (Å²) in [4.78, 5) is 13.8. The Labute approximate surface area is 118 Å². The lowest BCUT2D eigenvalue weighted by Crippen LogP contribution is -2.42. The summed E-state index contributed by atoms with van der Waals surface area (Å²) in [6.45, 7) is 0.158. The first-order valence-electron chi connectivity index (χ1n) is 5.93. The molecule has 2 rings (SSSR count). The molecule has 19 heavy (non-hydrogen) atoms. The first kappa shape index (κ1) is 14.2. The smallest absolute Gasteiger partial charge is 0.255 e. The summed E-state index contributed by atoms with van der Waals surface area (Å²) in [6, 6.07) is 5.05. The molecule has 1 heterocycles. The van der Waals surface area contributed by atoms with E-state index in [-0.39, 0.29) is 31.8 Å². The Kier molecular flexibility index (Phi) is 4.08. The summed E-state index contributed by atoms with van der Waals surface area (Å²) >= 11 is 3.30. The van der Waals surface area contributed by atoms with Gasteiger partial charge in [-0.2, -0.15) is 0 Å². The Morgan fingerprint density at radius 1 is 1.37 bits per heavy atom. The van der Waals surface area contributed by atoms with Crippen molar-refractivity contribution in [3.05, 3.63) is 28.2 Å². The third-order valence-corrected chi connectivity index (χ3v) is 3.88. The predicted molar refractivity (Wildman–Crippen MR) is 70.8 cm³/mol. The highest BCUT2D eigenvalue weighted by Gasteiger charge is 2.36. The van der Waals surface area contributed by atoms with E-state index in [4.69, 9.17) is 4.74 Å². The molecule has 0 unspecified atom stereocenters. The number of rotatable bonds is 2. The fourth-order valence-electron chi connectivity index (χ4n) is 2.00. The number of benzene rings is 1. The number of likely N-dealkylation sites (tertiary alicyclic amines) is 1. The molecule has 1 fully saturated rings. The van der Waals surface area contributed by atoms with Crippen molar-refractivity contribution in [2.45, 2.75) is 18.8 Å². The Bertz CT molecular complexity index is 484. The minimum Gasteiger partial charge on any atom is -0.497 e. The van der Waals surface area contributed by atoms with Crippen LogP contribution in [0.3, 0.4) is 0 Å². The number of piperidine rings is 1. The third kappa shape index (κ3) is 3.23. The van der Waals surface area contributed by atoms with Crippen LogP contribution in [0.2, 0.25) is 0 Å². The number of methoxy groups -OCH3 is 1. The van der Waals surface area contributed by atoms with Gasteiger partial charge in [0.2, 0.25) is 0 Å². The minimum atomic E-state index is -2.65. The lowest BCUT2D eigenvalue weighted by molar-refractivity contribution is -0.0494. The second-order valence-corrected chi connectivity index (χ2v) is 5.35. The molecule has 104 valence electrons. The molecule has 0 saturated carbocycles. The summed E-state index contributed by atoms with van der Waals surface area (Å²) < 4.78 is 31.9. The van der Waals surface area contributed by atoms with Crippen molar-refractivity contribution in [2.75, 3.05) is 20.2 Å². The quantitative estimate of drug-likeness (QED) is 0.830. The highest BCUT2D eigenvalue weighted by molar-refractivity contribution is 9.10. The molecule has 0 aliphatic carbocycles. The lowest BCUT2D eigenvalue weighted by Gasteiger charge is -2.32. The number of carbonyl (C=O) groups excluding carboxylic acids is 1. The van der Waals surface area contributed by atoms with Crippen LogP contribution in [0.25, 0.3) is 0 Å². The number of amides is 1. The Morgan fingerprint density at radius 2 is 2.00 bits per heavy atom. The van der Waals surface area contributed by atoms with Gasteiger partial charge in [-0.15, -0.1) is 0 Å². The summed E-state index contributed by atoms with van der Waals surface area (Å²) in [6.07, 6.45) is -0.555. The SMILES string of the molecule is COc1ccc(Br)c(C(=O)N2CCC(F)(F)CC2)c1. The van der Waals surface area contributed by atoms with Crippen LogP contribution in [0.5, 0.6) is 5.75 Å². The van der Waals surface area contributed by atoms with Crippen molar-refractivity contribution in [1.82, 2.24) is 4.90 Å². The summed E-state index contributed by atoms with van der Waals surface area (Å²) in [5.41, 5.74) is 0.435. The van der Waals surface area contributed by atoms with Crippen molar-refractivity contribution in [1.29, 1.82) is 0 Å². The molecule has 0 N–H and O–H groups in total. The van der Waals surface area contributed by atoms with Gasteiger partial charge in [0.05, 0.1) is 12.7 Å². The topological polar surface area (TPSA) is 29.5 Å². The number of halogens is 3. The second-order valence-electron chi connectivity index (χ2n) is 4.49. The Morgan fingerprint density at radius 3 is 2.58 bits per heavy atom. The van der Waals surface area contributed by atoms with E-state index in [2.05, 4.69) is 15.9 Å². The predicted octanol–water partition coefficient (Wildman–Crippen LogP) is 3.33. The summed E-state index contributed by atoms with van der Waals surface area (Å²) in [5.74, 6) is -2.34. The Balaban J connectivity index is 2.16. The van der Waals surface area contributed by atoms with E-state index in [1.807, 2.05) is 0 Å². The average molecular weight is 334 g/mol. The van der Waals surface area contributed by atoms with Crippen LogP contribution in [0, 0.1) is 0 Å². The lowest BCUT2D eigenvalue weighted by atomic mass is 10.1. The van der Waals surface area contributed by atoms with Gasteiger partial charge in [0, 0.05) is 30.4 Å². The van der Waals surface area contributed by atoms with Crippen molar-refractivity contribution < 1.29 is 18.3 Å². The molecular weight excluding hydrogens is 320 g/mol. The van der Waals surface area contributed by atoms with Gasteiger partial charge >= 0.3 is 0 Å². The zero-order chi connectivity index (χ0) is 14.0. The van der Waals surface area contributed by atoms with E-state index >= 15 is 0 Å². The summed E-state index contributed by atoms with van der Waals surface area (Å²) in [5, 5.41) is 0. The fraction of sp³-hybridized carbons (Fsp3) is 0.462. The number of carbonyl (C=O) groups is 1. The molecule has 1 aromatic carbocycles. The average Bonchev–Trinajstić information content (AvgIpc) is 2.38. The molecule has 0 aromatic heterocycles. The third-order valence-electron chi connectivity index (χ3n) is 3.19. The number of nitrogens with zero attached hydrogens (tertiary/aromatic N) is 1. The monoisotopic (exact) mass is 333 g/mol. The van der Waals surface area contributed by atoms with Gasteiger partial charge in [-0.05, 0) is 34.1 Å². The summed E-state index contributed by atoms with van der Waals surface area (Å²) in [7, 11) is 1.51. The molecule has 0 radical (unpaired) electrons. The van der Waals surface area contributed by atoms with Gasteiger partial charge in [-0.3, -0.25) is 4.79 Å². The van der Waals surface area contributed by atoms with Crippen molar-refractivity contribution in [3.63, 3.8) is 0 Å². The van der Waals surface area contributed by atoms with Gasteiger partial charge in [-0.25, -0.2) is 8.78 Å². The van der Waals surface area contributed by atoms with E-state index in [0.717, 1.165) is 0 Å². The van der Waals surface area contributed by atoms with Crippen LogP contribution in [-0.2, 0) is 0 Å². The molecule has 6 heteroatoms. The molecule has 1 saturated heterocycles. The van der Waals surface area contributed by atoms with Gasteiger partial charge in [0.15, 0.2) is 0 Å². The molecule has 1 aliphatic rings. The van der Waals surface area contributed by atoms with Gasteiger partial charge in [0.25, 0.3) is 11.8 Å². The molecule has 1 aromatic rings. The van der Waals surface area contributed by atoms with Crippen LogP contribution in [-0.4, -0.2) is 36.9 Å². The maximum Gasteiger partial charge on any atom is 0.255 e. The van der Waals surface area contributed by atoms with Gasteiger partial charge in [-0.1, -0.05) is 0 Å². The van der Waals surface area contributed by atoms with Crippen LogP contribution >= 0.6 is 15.9 Å². The number of hydrogen-bond donors (Lipinski definition) is 0. The van der Waals surface area contributed by atoms with E-state index in [1.54, 1.807) is 18.2 Å². The highest BCUT2D eigenvalue weighted by Crippen LogP contribution is 2.30. The molecule has 1 amide bonds. The zero-order valence-electron chi connectivity index (χ0n) is 10.5. The highest BCUT2D eigenvalue weighted by atomic mass is 79.9. The van der Waals surface area contributed by atoms with Gasteiger partial charge in [0.1, 0.15) is 5.75 Å². The molecule has 3 nitrogen and oxygen atoms in total. The van der Waals surface area contributed by atoms with Gasteiger partial charge < -0.3 is 9.64 Å². The van der Waals surface area contributed by atoms with E-state index < -0.39 is 5.92 Å². The van der Waals surface area contributed by atoms with E-state index in [9.17, 15) is 13.6 Å². The molecule has 0 bridgehead atoms. The normalized spacial score (nSPS) is 18.2. The van der Waals surface area contributed by atoms with Crippen LogP contribution in [0.4, 0.5) is 8.78 Å². The molecule has 1 aliphatic heterocycles. The number of alkyl halides is 2. The molecule has 0 spiro atoms. The van der Waals surface area contributed by atoms with E-state index in [0.29, 0.717) is 15.8 Å². The minimum absolute atomic E-state index is 0.0789. The standard InChI is InChI=1S/C13H14BrF2NO2/c1-19-9-2-3-11(14)10(8-9)12(18)17-6-4-13(15,16)5-7-17/h2-3,8H,4-7H2,1H3. The van der Waals surface area contributed by atoms with Crippen LogP contribution in [0.15, 0.2) is 22.7 Å².